The minimum Gasteiger partial charge on any atom is -0.493 e. The number of fused-ring (bicyclic) bond motifs is 1. The van der Waals surface area contributed by atoms with Crippen LogP contribution < -0.4 is 18.9 Å². The second kappa shape index (κ2) is 12.0. The maximum absolute atomic E-state index is 13.2. The zero-order valence-electron chi connectivity index (χ0n) is 22.2. The third-order valence-electron chi connectivity index (χ3n) is 6.98. The van der Waals surface area contributed by atoms with Gasteiger partial charge in [-0.05, 0) is 66.3 Å². The highest BCUT2D eigenvalue weighted by atomic mass is 16.5. The Morgan fingerprint density at radius 2 is 1.49 bits per heavy atom. The Hall–Kier alpha value is -3.71. The summed E-state index contributed by atoms with van der Waals surface area (Å²) in [6.07, 6.45) is 1.45. The van der Waals surface area contributed by atoms with E-state index in [4.69, 9.17) is 23.7 Å². The molecule has 0 saturated carbocycles. The van der Waals surface area contributed by atoms with Gasteiger partial charge in [0, 0.05) is 12.6 Å². The van der Waals surface area contributed by atoms with E-state index in [-0.39, 0.29) is 18.6 Å². The molecule has 0 saturated heterocycles. The van der Waals surface area contributed by atoms with E-state index < -0.39 is 6.04 Å². The van der Waals surface area contributed by atoms with Crippen LogP contribution in [0.4, 0.5) is 0 Å². The van der Waals surface area contributed by atoms with E-state index in [1.54, 1.807) is 28.4 Å². The van der Waals surface area contributed by atoms with Crippen LogP contribution in [0.5, 0.6) is 23.0 Å². The van der Waals surface area contributed by atoms with Gasteiger partial charge in [-0.2, -0.15) is 0 Å². The minimum atomic E-state index is -0.435. The first-order valence-electron chi connectivity index (χ1n) is 12.4. The monoisotopic (exact) mass is 505 g/mol. The van der Waals surface area contributed by atoms with E-state index >= 15 is 0 Å². The van der Waals surface area contributed by atoms with E-state index in [9.17, 15) is 4.79 Å². The molecule has 1 aliphatic heterocycles. The van der Waals surface area contributed by atoms with Gasteiger partial charge in [0.05, 0.1) is 28.4 Å². The smallest absolute Gasteiger partial charge is 0.323 e. The van der Waals surface area contributed by atoms with Crippen molar-refractivity contribution in [3.05, 3.63) is 82.9 Å². The number of nitrogens with zero attached hydrogens (tertiary/aromatic N) is 1. The topological polar surface area (TPSA) is 66.5 Å². The SMILES string of the molecule is COc1ccc(CC2c3cc(OC)c(OC)cc3CCN2C(C)C(=O)OCc2ccccc2)cc1OC. The summed E-state index contributed by atoms with van der Waals surface area (Å²) in [4.78, 5) is 15.4. The number of esters is 1. The summed E-state index contributed by atoms with van der Waals surface area (Å²) in [5.41, 5.74) is 4.33. The number of carbonyl (C=O) groups excluding carboxylic acids is 1. The molecule has 2 unspecified atom stereocenters. The summed E-state index contributed by atoms with van der Waals surface area (Å²) >= 11 is 0. The Balaban J connectivity index is 1.65. The molecule has 0 bridgehead atoms. The highest BCUT2D eigenvalue weighted by Crippen LogP contribution is 2.41. The van der Waals surface area contributed by atoms with Crippen LogP contribution >= 0.6 is 0 Å². The van der Waals surface area contributed by atoms with E-state index in [0.29, 0.717) is 36.0 Å². The lowest BCUT2D eigenvalue weighted by molar-refractivity contribution is -0.152. The lowest BCUT2D eigenvalue weighted by Crippen LogP contribution is -2.46. The molecule has 37 heavy (non-hydrogen) atoms. The molecule has 1 aliphatic rings. The summed E-state index contributed by atoms with van der Waals surface area (Å²) < 4.78 is 27.9. The third-order valence-corrected chi connectivity index (χ3v) is 6.98. The first kappa shape index (κ1) is 26.4. The Kier molecular flexibility index (Phi) is 8.56. The fourth-order valence-corrected chi connectivity index (χ4v) is 4.95. The zero-order chi connectivity index (χ0) is 26.4. The van der Waals surface area contributed by atoms with Gasteiger partial charge in [-0.1, -0.05) is 36.4 Å². The van der Waals surface area contributed by atoms with Gasteiger partial charge in [0.15, 0.2) is 23.0 Å². The number of rotatable bonds is 10. The Morgan fingerprint density at radius 1 is 0.838 bits per heavy atom. The van der Waals surface area contributed by atoms with Crippen molar-refractivity contribution in [1.82, 2.24) is 4.90 Å². The average Bonchev–Trinajstić information content (AvgIpc) is 2.95. The number of hydrogen-bond acceptors (Lipinski definition) is 7. The maximum atomic E-state index is 13.2. The van der Waals surface area contributed by atoms with Gasteiger partial charge >= 0.3 is 5.97 Å². The predicted molar refractivity (Wildman–Crippen MR) is 142 cm³/mol. The standard InChI is InChI=1S/C30H35NO6/c1-20(30(32)37-19-21-9-7-6-8-10-21)31-14-13-23-17-28(35-4)29(36-5)18-24(23)25(31)15-22-11-12-26(33-2)27(16-22)34-3/h6-12,16-18,20,25H,13-15,19H2,1-5H3. The van der Waals surface area contributed by atoms with Gasteiger partial charge in [-0.15, -0.1) is 0 Å². The van der Waals surface area contributed by atoms with Crippen molar-refractivity contribution >= 4 is 5.97 Å². The van der Waals surface area contributed by atoms with Crippen molar-refractivity contribution in [2.24, 2.45) is 0 Å². The second-order valence-electron chi connectivity index (χ2n) is 9.07. The molecule has 0 N–H and O–H groups in total. The molecule has 0 aromatic heterocycles. The number of benzene rings is 3. The average molecular weight is 506 g/mol. The lowest BCUT2D eigenvalue weighted by atomic mass is 9.87. The zero-order valence-corrected chi connectivity index (χ0v) is 22.2. The predicted octanol–water partition coefficient (Wildman–Crippen LogP) is 4.99. The Labute approximate surface area is 218 Å². The molecule has 0 fully saturated rings. The van der Waals surface area contributed by atoms with Crippen LogP contribution in [-0.2, 0) is 29.0 Å². The van der Waals surface area contributed by atoms with Gasteiger partial charge in [-0.25, -0.2) is 0 Å². The van der Waals surface area contributed by atoms with Gasteiger partial charge in [0.2, 0.25) is 0 Å². The van der Waals surface area contributed by atoms with Crippen molar-refractivity contribution in [3.8, 4) is 23.0 Å². The summed E-state index contributed by atoms with van der Waals surface area (Å²) in [5, 5.41) is 0. The first-order chi connectivity index (χ1) is 18.0. The van der Waals surface area contributed by atoms with E-state index in [2.05, 4.69) is 4.90 Å². The molecule has 1 heterocycles. The highest BCUT2D eigenvalue weighted by molar-refractivity contribution is 5.75. The van der Waals surface area contributed by atoms with Crippen LogP contribution in [-0.4, -0.2) is 51.9 Å². The Morgan fingerprint density at radius 3 is 2.16 bits per heavy atom. The molecule has 0 spiro atoms. The Bertz CT molecular complexity index is 1210. The van der Waals surface area contributed by atoms with Crippen molar-refractivity contribution in [2.75, 3.05) is 35.0 Å². The fraction of sp³-hybridized carbons (Fsp3) is 0.367. The summed E-state index contributed by atoms with van der Waals surface area (Å²) in [6, 6.07) is 19.2. The van der Waals surface area contributed by atoms with Gasteiger partial charge in [0.25, 0.3) is 0 Å². The van der Waals surface area contributed by atoms with Gasteiger partial charge in [0.1, 0.15) is 12.6 Å². The van der Waals surface area contributed by atoms with Crippen molar-refractivity contribution in [2.45, 2.75) is 38.5 Å². The number of methoxy groups -OCH3 is 4. The number of ether oxygens (including phenoxy) is 5. The molecule has 3 aromatic carbocycles. The highest BCUT2D eigenvalue weighted by Gasteiger charge is 2.35. The molecular weight excluding hydrogens is 470 g/mol. The van der Waals surface area contributed by atoms with Crippen LogP contribution in [0.2, 0.25) is 0 Å². The number of hydrogen-bond donors (Lipinski definition) is 0. The molecule has 0 aliphatic carbocycles. The van der Waals surface area contributed by atoms with Gasteiger partial charge in [-0.3, -0.25) is 9.69 Å². The molecule has 2 atom stereocenters. The molecular formula is C30H35NO6. The normalized spacial score (nSPS) is 15.9. The third kappa shape index (κ3) is 5.83. The van der Waals surface area contributed by atoms with Crippen LogP contribution in [0.3, 0.4) is 0 Å². The van der Waals surface area contributed by atoms with Crippen molar-refractivity contribution in [1.29, 1.82) is 0 Å². The summed E-state index contributed by atoms with van der Waals surface area (Å²) in [6.45, 7) is 2.88. The molecule has 7 nitrogen and oxygen atoms in total. The molecule has 0 amide bonds. The quantitative estimate of drug-likeness (QED) is 0.360. The first-order valence-corrected chi connectivity index (χ1v) is 12.4. The van der Waals surface area contributed by atoms with Crippen LogP contribution in [0.1, 0.15) is 35.2 Å². The lowest BCUT2D eigenvalue weighted by Gasteiger charge is -2.40. The van der Waals surface area contributed by atoms with E-state index in [1.165, 1.54) is 5.56 Å². The summed E-state index contributed by atoms with van der Waals surface area (Å²) in [7, 11) is 6.54. The van der Waals surface area contributed by atoms with Gasteiger partial charge < -0.3 is 23.7 Å². The molecule has 0 radical (unpaired) electrons. The second-order valence-corrected chi connectivity index (χ2v) is 9.07. The maximum Gasteiger partial charge on any atom is 0.323 e. The van der Waals surface area contributed by atoms with Crippen molar-refractivity contribution < 1.29 is 28.5 Å². The van der Waals surface area contributed by atoms with Crippen molar-refractivity contribution in [3.63, 3.8) is 0 Å². The van der Waals surface area contributed by atoms with Crippen LogP contribution in [0.25, 0.3) is 0 Å². The van der Waals surface area contributed by atoms with Crippen LogP contribution in [0, 0.1) is 0 Å². The molecule has 196 valence electrons. The van der Waals surface area contributed by atoms with E-state index in [0.717, 1.165) is 23.1 Å². The molecule has 7 heteroatoms. The summed E-state index contributed by atoms with van der Waals surface area (Å²) in [5.74, 6) is 2.47. The largest absolute Gasteiger partial charge is 0.493 e. The van der Waals surface area contributed by atoms with Crippen LogP contribution in [0.15, 0.2) is 60.7 Å². The molecule has 4 rings (SSSR count). The number of carbonyl (C=O) groups is 1. The molecule has 3 aromatic rings. The van der Waals surface area contributed by atoms with E-state index in [1.807, 2.05) is 67.6 Å². The fourth-order valence-electron chi connectivity index (χ4n) is 4.95. The minimum absolute atomic E-state index is 0.0825.